The number of hydrogen-bond acceptors (Lipinski definition) is 5. The molecule has 1 aromatic rings. The van der Waals surface area contributed by atoms with Gasteiger partial charge in [0.2, 0.25) is 0 Å². The molecule has 0 bridgehead atoms. The number of nitrogens with one attached hydrogen (secondary N) is 1. The van der Waals surface area contributed by atoms with Gasteiger partial charge in [0.05, 0.1) is 0 Å². The summed E-state index contributed by atoms with van der Waals surface area (Å²) in [5.74, 6) is -1.78. The fourth-order valence-electron chi connectivity index (χ4n) is 1.32. The van der Waals surface area contributed by atoms with Crippen LogP contribution in [0.15, 0.2) is 18.2 Å². The number of benzene rings is 1. The molecule has 1 rings (SSSR count). The highest BCUT2D eigenvalue weighted by Gasteiger charge is 2.15. The first-order valence-electron chi connectivity index (χ1n) is 5.92. The highest BCUT2D eigenvalue weighted by atomic mass is 16.5. The van der Waals surface area contributed by atoms with E-state index in [1.165, 1.54) is 12.1 Å². The Morgan fingerprint density at radius 3 is 2.63 bits per heavy atom. The average Bonchev–Trinajstić information content (AvgIpc) is 2.35. The molecule has 1 amide bonds. The molecule has 0 saturated heterocycles. The van der Waals surface area contributed by atoms with Gasteiger partial charge in [0, 0.05) is 12.1 Å². The third-order valence-corrected chi connectivity index (χ3v) is 2.56. The van der Waals surface area contributed by atoms with Gasteiger partial charge < -0.3 is 20.3 Å². The zero-order valence-electron chi connectivity index (χ0n) is 10.8. The summed E-state index contributed by atoms with van der Waals surface area (Å²) >= 11 is 0. The van der Waals surface area contributed by atoms with E-state index in [-0.39, 0.29) is 17.4 Å². The molecule has 19 heavy (non-hydrogen) atoms. The van der Waals surface area contributed by atoms with E-state index < -0.39 is 24.2 Å². The van der Waals surface area contributed by atoms with Crippen LogP contribution in [0, 0.1) is 0 Å². The van der Waals surface area contributed by atoms with Crippen molar-refractivity contribution in [2.75, 3.05) is 6.61 Å². The molecule has 1 atom stereocenters. The van der Waals surface area contributed by atoms with Crippen LogP contribution in [0.2, 0.25) is 0 Å². The molecule has 0 fully saturated rings. The van der Waals surface area contributed by atoms with Crippen LogP contribution in [0.4, 0.5) is 0 Å². The summed E-state index contributed by atoms with van der Waals surface area (Å²) in [6.45, 7) is 3.35. The van der Waals surface area contributed by atoms with Crippen LogP contribution in [0.3, 0.4) is 0 Å². The third-order valence-electron chi connectivity index (χ3n) is 2.56. The number of aromatic hydroxyl groups is 2. The molecule has 3 N–H and O–H groups in total. The predicted molar refractivity (Wildman–Crippen MR) is 67.9 cm³/mol. The second-order valence-corrected chi connectivity index (χ2v) is 4.15. The second-order valence-electron chi connectivity index (χ2n) is 4.15. The van der Waals surface area contributed by atoms with Gasteiger partial charge in [0.25, 0.3) is 5.91 Å². The number of carbonyl (C=O) groups is 2. The molecule has 0 saturated carbocycles. The van der Waals surface area contributed by atoms with Crippen LogP contribution in [0.1, 0.15) is 30.6 Å². The van der Waals surface area contributed by atoms with Crippen LogP contribution >= 0.6 is 0 Å². The minimum Gasteiger partial charge on any atom is -0.508 e. The third kappa shape index (κ3) is 4.50. The lowest BCUT2D eigenvalue weighted by molar-refractivity contribution is -0.124. The number of esters is 1. The van der Waals surface area contributed by atoms with Crippen molar-refractivity contribution in [3.8, 4) is 11.5 Å². The summed E-state index contributed by atoms with van der Waals surface area (Å²) in [6.07, 6.45) is 0.776. The van der Waals surface area contributed by atoms with Gasteiger partial charge in [-0.25, -0.2) is 4.79 Å². The van der Waals surface area contributed by atoms with Gasteiger partial charge in [-0.15, -0.1) is 0 Å². The molecule has 0 unspecified atom stereocenters. The van der Waals surface area contributed by atoms with Crippen LogP contribution in [0.25, 0.3) is 0 Å². The van der Waals surface area contributed by atoms with E-state index in [2.05, 4.69) is 5.32 Å². The van der Waals surface area contributed by atoms with Gasteiger partial charge in [-0.2, -0.15) is 0 Å². The van der Waals surface area contributed by atoms with Crippen molar-refractivity contribution >= 4 is 11.9 Å². The molecule has 1 aromatic carbocycles. The highest BCUT2D eigenvalue weighted by Crippen LogP contribution is 2.22. The Morgan fingerprint density at radius 1 is 1.37 bits per heavy atom. The van der Waals surface area contributed by atoms with E-state index in [1.54, 1.807) is 0 Å². The summed E-state index contributed by atoms with van der Waals surface area (Å²) in [5.41, 5.74) is -0.103. The average molecular weight is 267 g/mol. The summed E-state index contributed by atoms with van der Waals surface area (Å²) in [7, 11) is 0. The quantitative estimate of drug-likeness (QED) is 0.696. The standard InChI is InChI=1S/C13H17NO5/c1-3-8(2)14-12(17)7-19-13(18)10-5-4-9(15)6-11(10)16/h4-6,8,15-16H,3,7H2,1-2H3,(H,14,17)/t8-/m0/s1. The Bertz CT molecular complexity index is 472. The summed E-state index contributed by atoms with van der Waals surface area (Å²) < 4.78 is 4.76. The lowest BCUT2D eigenvalue weighted by Crippen LogP contribution is -2.35. The topological polar surface area (TPSA) is 95.9 Å². The van der Waals surface area contributed by atoms with Gasteiger partial charge in [-0.1, -0.05) is 6.92 Å². The van der Waals surface area contributed by atoms with Crippen LogP contribution in [-0.2, 0) is 9.53 Å². The number of carbonyl (C=O) groups excluding carboxylic acids is 2. The molecular formula is C13H17NO5. The number of phenolic OH excluding ortho intramolecular Hbond substituents is 2. The molecule has 0 heterocycles. The smallest absolute Gasteiger partial charge is 0.342 e. The highest BCUT2D eigenvalue weighted by molar-refractivity contribution is 5.94. The summed E-state index contributed by atoms with van der Waals surface area (Å²) in [4.78, 5) is 23.0. The van der Waals surface area contributed by atoms with E-state index in [4.69, 9.17) is 9.84 Å². The number of rotatable bonds is 5. The minimum absolute atomic E-state index is 0.00766. The lowest BCUT2D eigenvalue weighted by atomic mass is 10.2. The van der Waals surface area contributed by atoms with Crippen molar-refractivity contribution < 1.29 is 24.5 Å². The van der Waals surface area contributed by atoms with Gasteiger partial charge in [0.1, 0.15) is 17.1 Å². The van der Waals surface area contributed by atoms with Crippen LogP contribution in [-0.4, -0.2) is 34.7 Å². The zero-order valence-corrected chi connectivity index (χ0v) is 10.8. The molecule has 0 aliphatic rings. The predicted octanol–water partition coefficient (Wildman–Crippen LogP) is 1.17. The van der Waals surface area contributed by atoms with Crippen molar-refractivity contribution in [3.05, 3.63) is 23.8 Å². The molecule has 0 aromatic heterocycles. The van der Waals surface area contributed by atoms with Crippen molar-refractivity contribution in [3.63, 3.8) is 0 Å². The molecule has 104 valence electrons. The number of amides is 1. The maximum atomic E-state index is 11.6. The van der Waals surface area contributed by atoms with Crippen LogP contribution < -0.4 is 5.32 Å². The molecule has 0 radical (unpaired) electrons. The van der Waals surface area contributed by atoms with E-state index >= 15 is 0 Å². The van der Waals surface area contributed by atoms with Gasteiger partial charge in [-0.05, 0) is 25.5 Å². The maximum absolute atomic E-state index is 11.6. The molecule has 0 aliphatic carbocycles. The molecule has 0 aliphatic heterocycles. The lowest BCUT2D eigenvalue weighted by Gasteiger charge is -2.11. The van der Waals surface area contributed by atoms with Crippen molar-refractivity contribution in [2.24, 2.45) is 0 Å². The summed E-state index contributed by atoms with van der Waals surface area (Å²) in [5, 5.41) is 21.2. The van der Waals surface area contributed by atoms with Crippen molar-refractivity contribution in [1.82, 2.24) is 5.32 Å². The Kier molecular flexibility index (Phi) is 5.17. The Labute approximate surface area is 111 Å². The first-order chi connectivity index (χ1) is 8.93. The monoisotopic (exact) mass is 267 g/mol. The van der Waals surface area contributed by atoms with Crippen molar-refractivity contribution in [1.29, 1.82) is 0 Å². The summed E-state index contributed by atoms with van der Waals surface area (Å²) in [6, 6.07) is 3.50. The van der Waals surface area contributed by atoms with E-state index in [9.17, 15) is 14.7 Å². The first-order valence-corrected chi connectivity index (χ1v) is 5.92. The Balaban J connectivity index is 2.54. The molecule has 0 spiro atoms. The fraction of sp³-hybridized carbons (Fsp3) is 0.385. The number of phenols is 2. The normalized spacial score (nSPS) is 11.7. The second kappa shape index (κ2) is 6.63. The van der Waals surface area contributed by atoms with Gasteiger partial charge >= 0.3 is 5.97 Å². The zero-order chi connectivity index (χ0) is 14.4. The number of hydrogen-bond donors (Lipinski definition) is 3. The van der Waals surface area contributed by atoms with E-state index in [0.717, 1.165) is 12.5 Å². The largest absolute Gasteiger partial charge is 0.508 e. The van der Waals surface area contributed by atoms with Gasteiger partial charge in [0.15, 0.2) is 6.61 Å². The van der Waals surface area contributed by atoms with E-state index in [0.29, 0.717) is 0 Å². The fourth-order valence-corrected chi connectivity index (χ4v) is 1.32. The van der Waals surface area contributed by atoms with Crippen LogP contribution in [0.5, 0.6) is 11.5 Å². The minimum atomic E-state index is -0.822. The van der Waals surface area contributed by atoms with Crippen molar-refractivity contribution in [2.45, 2.75) is 26.3 Å². The van der Waals surface area contributed by atoms with Gasteiger partial charge in [-0.3, -0.25) is 4.79 Å². The van der Waals surface area contributed by atoms with E-state index in [1.807, 2.05) is 13.8 Å². The SMILES string of the molecule is CC[C@H](C)NC(=O)COC(=O)c1ccc(O)cc1O. The maximum Gasteiger partial charge on any atom is 0.342 e. The Hall–Kier alpha value is -2.24. The number of ether oxygens (including phenoxy) is 1. The molecule has 6 heteroatoms. The molecule has 6 nitrogen and oxygen atoms in total. The first kappa shape index (κ1) is 14.8. The Morgan fingerprint density at radius 2 is 2.05 bits per heavy atom. The molecular weight excluding hydrogens is 250 g/mol.